The Hall–Kier alpha value is -3.21. The molecule has 1 fully saturated rings. The largest absolute Gasteiger partial charge is 0.415 e. The van der Waals surface area contributed by atoms with Crippen LogP contribution in [0, 0.1) is 5.82 Å². The summed E-state index contributed by atoms with van der Waals surface area (Å²) in [5, 5.41) is 6.66. The van der Waals surface area contributed by atoms with E-state index in [4.69, 9.17) is 16.0 Å². The molecule has 1 atom stereocenters. The topological polar surface area (TPSA) is 75.4 Å². The van der Waals surface area contributed by atoms with Crippen molar-refractivity contribution in [2.24, 2.45) is 0 Å². The molecule has 7 nitrogen and oxygen atoms in total. The SMILES string of the molecule is O=C(N1CC[C@H](F)C1)N(Cc1ccc(-c2nnc(C(F)F)o2)cn1)c1ccc(F)c(Cl)c1. The molecule has 1 aliphatic rings. The number of likely N-dealkylation sites (tertiary alicyclic amines) is 1. The van der Waals surface area contributed by atoms with E-state index in [1.807, 2.05) is 0 Å². The lowest BCUT2D eigenvalue weighted by atomic mass is 10.2. The fraction of sp³-hybridized carbons (Fsp3) is 0.300. The minimum atomic E-state index is -2.89. The first-order valence-electron chi connectivity index (χ1n) is 9.54. The van der Waals surface area contributed by atoms with Gasteiger partial charge in [-0.15, -0.1) is 10.2 Å². The van der Waals surface area contributed by atoms with Crippen molar-refractivity contribution in [2.75, 3.05) is 18.0 Å². The predicted molar refractivity (Wildman–Crippen MR) is 107 cm³/mol. The van der Waals surface area contributed by atoms with Crippen LogP contribution in [0.3, 0.4) is 0 Å². The van der Waals surface area contributed by atoms with E-state index in [-0.39, 0.29) is 37.0 Å². The molecular weight excluding hydrogens is 454 g/mol. The molecule has 0 N–H and O–H groups in total. The average molecular weight is 470 g/mol. The van der Waals surface area contributed by atoms with E-state index in [1.165, 1.54) is 34.2 Å². The van der Waals surface area contributed by atoms with Crippen molar-refractivity contribution in [1.82, 2.24) is 20.1 Å². The minimum Gasteiger partial charge on any atom is -0.415 e. The van der Waals surface area contributed by atoms with Crippen LogP contribution in [0.15, 0.2) is 40.9 Å². The predicted octanol–water partition coefficient (Wildman–Crippen LogP) is 5.03. The second-order valence-corrected chi connectivity index (χ2v) is 7.49. The summed E-state index contributed by atoms with van der Waals surface area (Å²) in [7, 11) is 0. The smallest absolute Gasteiger partial charge is 0.324 e. The van der Waals surface area contributed by atoms with Crippen molar-refractivity contribution < 1.29 is 26.8 Å². The van der Waals surface area contributed by atoms with Crippen molar-refractivity contribution >= 4 is 23.3 Å². The standard InChI is InChI=1S/C20H16ClF4N5O2/c21-15-7-14(3-4-16(15)23)30(20(31)29-6-5-12(22)9-29)10-13-2-1-11(8-26-13)18-27-28-19(32-18)17(24)25/h1-4,7-8,12,17H,5-6,9-10H2/t12-/m0/s1. The van der Waals surface area contributed by atoms with Gasteiger partial charge in [-0.2, -0.15) is 8.78 Å². The van der Waals surface area contributed by atoms with Gasteiger partial charge in [0, 0.05) is 18.4 Å². The van der Waals surface area contributed by atoms with Gasteiger partial charge in [0.15, 0.2) is 0 Å². The van der Waals surface area contributed by atoms with Gasteiger partial charge < -0.3 is 9.32 Å². The van der Waals surface area contributed by atoms with Crippen molar-refractivity contribution in [3.63, 3.8) is 0 Å². The molecule has 2 amide bonds. The van der Waals surface area contributed by atoms with Crippen LogP contribution in [0.2, 0.25) is 5.02 Å². The molecule has 0 aliphatic carbocycles. The number of carbonyl (C=O) groups is 1. The third kappa shape index (κ3) is 4.67. The highest BCUT2D eigenvalue weighted by Gasteiger charge is 2.30. The highest BCUT2D eigenvalue weighted by Crippen LogP contribution is 2.27. The van der Waals surface area contributed by atoms with Crippen LogP contribution in [0.25, 0.3) is 11.5 Å². The molecule has 1 aromatic carbocycles. The van der Waals surface area contributed by atoms with E-state index in [0.29, 0.717) is 16.9 Å². The molecule has 0 unspecified atom stereocenters. The molecule has 12 heteroatoms. The van der Waals surface area contributed by atoms with Crippen LogP contribution in [-0.2, 0) is 6.54 Å². The van der Waals surface area contributed by atoms with Gasteiger partial charge in [-0.05, 0) is 36.8 Å². The molecule has 1 saturated heterocycles. The Morgan fingerprint density at radius 1 is 1.28 bits per heavy atom. The van der Waals surface area contributed by atoms with Gasteiger partial charge in [0.05, 0.1) is 29.4 Å². The minimum absolute atomic E-state index is 0.0271. The third-order valence-corrected chi connectivity index (χ3v) is 5.16. The molecule has 168 valence electrons. The van der Waals surface area contributed by atoms with Gasteiger partial charge in [-0.25, -0.2) is 13.6 Å². The number of amides is 2. The second-order valence-electron chi connectivity index (χ2n) is 7.08. The van der Waals surface area contributed by atoms with E-state index in [1.54, 1.807) is 6.07 Å². The van der Waals surface area contributed by atoms with Crippen LogP contribution in [0.5, 0.6) is 0 Å². The van der Waals surface area contributed by atoms with E-state index in [9.17, 15) is 22.4 Å². The number of rotatable bonds is 5. The van der Waals surface area contributed by atoms with Gasteiger partial charge in [-0.3, -0.25) is 9.88 Å². The van der Waals surface area contributed by atoms with Crippen LogP contribution >= 0.6 is 11.6 Å². The number of hydrogen-bond acceptors (Lipinski definition) is 5. The molecule has 32 heavy (non-hydrogen) atoms. The Bertz CT molecular complexity index is 1110. The summed E-state index contributed by atoms with van der Waals surface area (Å²) < 4.78 is 57.4. The quantitative estimate of drug-likeness (QED) is 0.490. The Morgan fingerprint density at radius 2 is 2.09 bits per heavy atom. The molecule has 1 aliphatic heterocycles. The number of anilines is 1. The van der Waals surface area contributed by atoms with Crippen molar-refractivity contribution in [3.05, 3.63) is 59.0 Å². The highest BCUT2D eigenvalue weighted by molar-refractivity contribution is 6.31. The second kappa shape index (κ2) is 9.11. The zero-order valence-corrected chi connectivity index (χ0v) is 17.1. The van der Waals surface area contributed by atoms with Crippen LogP contribution in [-0.4, -0.2) is 45.4 Å². The maximum Gasteiger partial charge on any atom is 0.324 e. The number of nitrogens with zero attached hydrogens (tertiary/aromatic N) is 5. The fourth-order valence-corrected chi connectivity index (χ4v) is 3.41. The van der Waals surface area contributed by atoms with E-state index >= 15 is 0 Å². The summed E-state index contributed by atoms with van der Waals surface area (Å²) in [6, 6.07) is 6.43. The van der Waals surface area contributed by atoms with Gasteiger partial charge >= 0.3 is 12.5 Å². The van der Waals surface area contributed by atoms with Crippen molar-refractivity contribution in [1.29, 1.82) is 0 Å². The van der Waals surface area contributed by atoms with Crippen LogP contribution in [0.4, 0.5) is 28.0 Å². The monoisotopic (exact) mass is 469 g/mol. The van der Waals surface area contributed by atoms with Crippen molar-refractivity contribution in [3.8, 4) is 11.5 Å². The number of carbonyl (C=O) groups excluding carboxylic acids is 1. The molecule has 0 spiro atoms. The van der Waals surface area contributed by atoms with Crippen LogP contribution < -0.4 is 4.90 Å². The lowest BCUT2D eigenvalue weighted by Crippen LogP contribution is -2.42. The Morgan fingerprint density at radius 3 is 2.69 bits per heavy atom. The number of aromatic nitrogens is 3. The maximum absolute atomic E-state index is 13.6. The zero-order valence-electron chi connectivity index (χ0n) is 16.4. The first-order valence-corrected chi connectivity index (χ1v) is 9.92. The summed E-state index contributed by atoms with van der Waals surface area (Å²) >= 11 is 5.88. The average Bonchev–Trinajstić information content (AvgIpc) is 3.44. The number of hydrogen-bond donors (Lipinski definition) is 0. The molecule has 3 heterocycles. The normalized spacial score (nSPS) is 16.1. The molecule has 2 aromatic heterocycles. The summed E-state index contributed by atoms with van der Waals surface area (Å²) in [5.74, 6) is -1.56. The van der Waals surface area contributed by atoms with Crippen LogP contribution in [0.1, 0.15) is 24.4 Å². The number of benzene rings is 1. The third-order valence-electron chi connectivity index (χ3n) is 4.87. The lowest BCUT2D eigenvalue weighted by molar-refractivity contribution is 0.116. The molecular formula is C20H16ClF4N5O2. The number of alkyl halides is 3. The van der Waals surface area contributed by atoms with Crippen molar-refractivity contribution in [2.45, 2.75) is 25.6 Å². The molecule has 3 aromatic rings. The Kier molecular flexibility index (Phi) is 6.26. The first kappa shape index (κ1) is 22.0. The van der Waals surface area contributed by atoms with Gasteiger partial charge in [0.25, 0.3) is 5.89 Å². The summed E-state index contributed by atoms with van der Waals surface area (Å²) in [6.45, 7) is 0.183. The number of pyridine rings is 1. The highest BCUT2D eigenvalue weighted by atomic mass is 35.5. The Labute approximate surface area is 184 Å². The summed E-state index contributed by atoms with van der Waals surface area (Å²) in [5.41, 5.74) is 1.05. The number of halogens is 5. The summed E-state index contributed by atoms with van der Waals surface area (Å²) in [6.07, 6.45) is -2.42. The fourth-order valence-electron chi connectivity index (χ4n) is 3.23. The van der Waals surface area contributed by atoms with Gasteiger partial charge in [-0.1, -0.05) is 11.6 Å². The van der Waals surface area contributed by atoms with Gasteiger partial charge in [0.2, 0.25) is 5.89 Å². The van der Waals surface area contributed by atoms with E-state index in [2.05, 4.69) is 15.2 Å². The number of urea groups is 1. The van der Waals surface area contributed by atoms with Gasteiger partial charge in [0.1, 0.15) is 12.0 Å². The van der Waals surface area contributed by atoms with E-state index < -0.39 is 30.3 Å². The molecule has 4 rings (SSSR count). The Balaban J connectivity index is 1.58. The zero-order chi connectivity index (χ0) is 22.8. The molecule has 0 saturated carbocycles. The lowest BCUT2D eigenvalue weighted by Gasteiger charge is -2.28. The molecule has 0 bridgehead atoms. The summed E-state index contributed by atoms with van der Waals surface area (Å²) in [4.78, 5) is 20.0. The first-order chi connectivity index (χ1) is 15.3. The van der Waals surface area contributed by atoms with E-state index in [0.717, 1.165) is 6.07 Å². The molecule has 0 radical (unpaired) electrons. The maximum atomic E-state index is 13.6.